The number of nitrogens with zero attached hydrogens (tertiary/aromatic N) is 2. The first-order valence-corrected chi connectivity index (χ1v) is 16.6. The van der Waals surface area contributed by atoms with Crippen LogP contribution in [0.1, 0.15) is 53.6 Å². The highest BCUT2D eigenvalue weighted by Crippen LogP contribution is 2.41. The molecule has 3 N–H and O–H groups in total. The van der Waals surface area contributed by atoms with Gasteiger partial charge in [0.15, 0.2) is 0 Å². The van der Waals surface area contributed by atoms with Crippen molar-refractivity contribution in [3.8, 4) is 5.75 Å². The molecule has 5 rings (SSSR count). The van der Waals surface area contributed by atoms with Crippen molar-refractivity contribution in [2.45, 2.75) is 51.2 Å². The molecule has 0 saturated heterocycles. The lowest BCUT2D eigenvalue weighted by molar-refractivity contribution is -0.120. The third kappa shape index (κ3) is 7.52. The number of rotatable bonds is 2. The minimum atomic E-state index is -4.35. The number of aliphatic hydroxyl groups is 1. The summed E-state index contributed by atoms with van der Waals surface area (Å²) in [4.78, 5) is 27.7. The Morgan fingerprint density at radius 2 is 1.98 bits per heavy atom. The Labute approximate surface area is 258 Å². The number of halogens is 1. The molecule has 0 unspecified atom stereocenters. The fourth-order valence-corrected chi connectivity index (χ4v) is 7.30. The van der Waals surface area contributed by atoms with E-state index in [9.17, 15) is 23.1 Å². The molecule has 10 nitrogen and oxygen atoms in total. The van der Waals surface area contributed by atoms with Crippen LogP contribution in [0.25, 0.3) is 0 Å². The molecule has 2 amide bonds. The summed E-state index contributed by atoms with van der Waals surface area (Å²) in [7, 11) is -2.94. The molecular weight excluding hydrogens is 592 g/mol. The molecule has 3 aliphatic rings. The van der Waals surface area contributed by atoms with Crippen LogP contribution in [0, 0.1) is 11.8 Å². The number of hydrogen-bond acceptors (Lipinski definition) is 7. The van der Waals surface area contributed by atoms with Crippen molar-refractivity contribution in [1.82, 2.24) is 14.3 Å². The molecular formula is C31H39ClN4O6S. The number of nitrogens with one attached hydrogen (secondary N) is 2. The molecule has 2 aromatic rings. The fourth-order valence-electron chi connectivity index (χ4n) is 5.99. The summed E-state index contributed by atoms with van der Waals surface area (Å²) in [6.45, 7) is 1.21. The van der Waals surface area contributed by atoms with Gasteiger partial charge in [0.05, 0.1) is 18.3 Å². The van der Waals surface area contributed by atoms with Crippen molar-refractivity contribution in [3.63, 3.8) is 0 Å². The van der Waals surface area contributed by atoms with E-state index in [2.05, 4.69) is 14.9 Å². The number of carbonyl (C=O) groups excluding carboxylic acids is 2. The van der Waals surface area contributed by atoms with Crippen LogP contribution >= 0.6 is 11.6 Å². The topological polar surface area (TPSA) is 128 Å². The predicted molar refractivity (Wildman–Crippen MR) is 165 cm³/mol. The van der Waals surface area contributed by atoms with Crippen LogP contribution in [-0.4, -0.2) is 69.0 Å². The van der Waals surface area contributed by atoms with Crippen LogP contribution in [0.4, 0.5) is 5.69 Å². The lowest BCUT2D eigenvalue weighted by Crippen LogP contribution is -2.47. The molecule has 1 aliphatic carbocycles. The van der Waals surface area contributed by atoms with Gasteiger partial charge in [-0.05, 0) is 91.8 Å². The van der Waals surface area contributed by atoms with E-state index in [1.807, 2.05) is 18.2 Å². The second-order valence-corrected chi connectivity index (χ2v) is 13.5. The average molecular weight is 631 g/mol. The maximum atomic E-state index is 13.4. The van der Waals surface area contributed by atoms with E-state index in [0.717, 1.165) is 47.5 Å². The number of ether oxygens (including phenoxy) is 1. The van der Waals surface area contributed by atoms with Crippen molar-refractivity contribution in [3.05, 3.63) is 70.3 Å². The third-order valence-corrected chi connectivity index (χ3v) is 10.3. The van der Waals surface area contributed by atoms with Crippen LogP contribution in [0.5, 0.6) is 5.75 Å². The molecule has 3 atom stereocenters. The Morgan fingerprint density at radius 1 is 1.14 bits per heavy atom. The highest BCUT2D eigenvalue weighted by atomic mass is 35.5. The van der Waals surface area contributed by atoms with Gasteiger partial charge in [0.2, 0.25) is 5.91 Å². The Kier molecular flexibility index (Phi) is 9.95. The zero-order valence-electron chi connectivity index (χ0n) is 24.3. The van der Waals surface area contributed by atoms with Gasteiger partial charge < -0.3 is 20.1 Å². The first-order valence-electron chi connectivity index (χ1n) is 14.8. The summed E-state index contributed by atoms with van der Waals surface area (Å²) in [6, 6.07) is 10.7. The molecule has 0 spiro atoms. The van der Waals surface area contributed by atoms with Crippen molar-refractivity contribution >= 4 is 39.3 Å². The highest BCUT2D eigenvalue weighted by Gasteiger charge is 2.37. The largest absolute Gasteiger partial charge is 0.487 e. The zero-order chi connectivity index (χ0) is 30.6. The highest BCUT2D eigenvalue weighted by molar-refractivity contribution is 7.87. The molecule has 2 aliphatic heterocycles. The van der Waals surface area contributed by atoms with Crippen LogP contribution in [0.3, 0.4) is 0 Å². The third-order valence-electron chi connectivity index (χ3n) is 8.65. The summed E-state index contributed by atoms with van der Waals surface area (Å²) < 4.78 is 36.0. The van der Waals surface area contributed by atoms with Crippen molar-refractivity contribution in [2.24, 2.45) is 11.8 Å². The van der Waals surface area contributed by atoms with Gasteiger partial charge in [-0.25, -0.2) is 4.72 Å². The molecule has 12 heteroatoms. The summed E-state index contributed by atoms with van der Waals surface area (Å²) in [5.74, 6) is -0.409. The number of aryl methyl sites for hydroxylation is 1. The van der Waals surface area contributed by atoms with Crippen LogP contribution < -0.4 is 19.7 Å². The molecule has 1 fully saturated rings. The van der Waals surface area contributed by atoms with Crippen molar-refractivity contribution < 1.29 is 27.9 Å². The number of fused-ring (bicyclic) bond motifs is 3. The molecule has 1 saturated carbocycles. The average Bonchev–Trinajstić information content (AvgIpc) is 2.99. The van der Waals surface area contributed by atoms with Gasteiger partial charge in [0, 0.05) is 37.3 Å². The smallest absolute Gasteiger partial charge is 0.304 e. The fraction of sp³-hybridized carbons (Fsp3) is 0.484. The molecule has 43 heavy (non-hydrogen) atoms. The minimum absolute atomic E-state index is 0.0359. The van der Waals surface area contributed by atoms with Gasteiger partial charge in [0.25, 0.3) is 5.91 Å². The van der Waals surface area contributed by atoms with E-state index in [4.69, 9.17) is 16.3 Å². The quantitative estimate of drug-likeness (QED) is 0.434. The number of anilines is 1. The van der Waals surface area contributed by atoms with E-state index in [-0.39, 0.29) is 30.4 Å². The zero-order valence-corrected chi connectivity index (χ0v) is 25.9. The lowest BCUT2D eigenvalue weighted by Gasteiger charge is -2.42. The second-order valence-electron chi connectivity index (χ2n) is 11.4. The van der Waals surface area contributed by atoms with Crippen LogP contribution in [-0.2, 0) is 28.0 Å². The van der Waals surface area contributed by atoms with E-state index >= 15 is 0 Å². The molecule has 0 radical (unpaired) electrons. The number of carbonyl (C=O) groups is 2. The standard InChI is InChI=1S/C31H39ClN4O6S/c1-33-30(38)19-36-15-5-3-7-28(37)26-12-9-23(26)18-35-14-4-2-6-21-16-25(32)11-8-24(21)20-42-29-13-10-22(17-27(29)35)31(39)34-43(36,40)41/h3,7-8,10-11,13,16-17,23,26,28,37H,2,4-6,9,12,14-15,18-20H2,1H3,(H,33,38)(H,34,39)/b7-3+/t23-,26+,28-/m0/s1. The predicted octanol–water partition coefficient (Wildman–Crippen LogP) is 3.43. The minimum Gasteiger partial charge on any atom is -0.487 e. The molecule has 0 aromatic heterocycles. The summed E-state index contributed by atoms with van der Waals surface area (Å²) in [6.07, 6.45) is 7.60. The Bertz CT molecular complexity index is 1480. The molecule has 2 heterocycles. The maximum Gasteiger partial charge on any atom is 0.304 e. The molecule has 2 aromatic carbocycles. The summed E-state index contributed by atoms with van der Waals surface area (Å²) >= 11 is 6.29. The lowest BCUT2D eigenvalue weighted by atomic mass is 9.70. The first-order chi connectivity index (χ1) is 20.6. The number of likely N-dealkylation sites (N-methyl/N-ethyl adjacent to an activating group) is 1. The first kappa shape index (κ1) is 31.3. The molecule has 2 bridgehead atoms. The second kappa shape index (κ2) is 13.7. The normalized spacial score (nSPS) is 25.4. The Morgan fingerprint density at radius 3 is 2.74 bits per heavy atom. The van der Waals surface area contributed by atoms with Gasteiger partial charge in [-0.15, -0.1) is 0 Å². The number of amides is 2. The van der Waals surface area contributed by atoms with Crippen molar-refractivity contribution in [2.75, 3.05) is 38.1 Å². The Balaban J connectivity index is 1.53. The van der Waals surface area contributed by atoms with Crippen LogP contribution in [0.2, 0.25) is 5.02 Å². The van der Waals surface area contributed by atoms with Gasteiger partial charge in [-0.1, -0.05) is 29.8 Å². The van der Waals surface area contributed by atoms with Crippen molar-refractivity contribution in [1.29, 1.82) is 0 Å². The SMILES string of the molecule is CNC(=O)CN1CC/C=C/[C@H](O)[C@@H]2CC[C@H]2CN2CCCCc3cc(Cl)ccc3COc3ccc(cc32)C(=O)NS1(=O)=O. The van der Waals surface area contributed by atoms with E-state index in [1.165, 1.54) is 7.05 Å². The van der Waals surface area contributed by atoms with Gasteiger partial charge >= 0.3 is 10.2 Å². The molecule has 232 valence electrons. The Hall–Kier alpha value is -3.12. The van der Waals surface area contributed by atoms with Gasteiger partial charge in [-0.2, -0.15) is 12.7 Å². The number of benzene rings is 2. The number of aliphatic hydroxyl groups excluding tert-OH is 1. The monoisotopic (exact) mass is 630 g/mol. The van der Waals surface area contributed by atoms with Crippen LogP contribution in [0.15, 0.2) is 48.6 Å². The van der Waals surface area contributed by atoms with E-state index < -0.39 is 34.7 Å². The van der Waals surface area contributed by atoms with Gasteiger partial charge in [0.1, 0.15) is 12.4 Å². The van der Waals surface area contributed by atoms with E-state index in [0.29, 0.717) is 36.2 Å². The van der Waals surface area contributed by atoms with E-state index in [1.54, 1.807) is 30.4 Å². The summed E-state index contributed by atoms with van der Waals surface area (Å²) in [5, 5.41) is 14.1. The number of hydrogen-bond donors (Lipinski definition) is 3. The maximum absolute atomic E-state index is 13.4. The van der Waals surface area contributed by atoms with Gasteiger partial charge in [-0.3, -0.25) is 9.59 Å². The summed E-state index contributed by atoms with van der Waals surface area (Å²) in [5.41, 5.74) is 3.04.